The lowest BCUT2D eigenvalue weighted by atomic mass is 9.86. The fourth-order valence-electron chi connectivity index (χ4n) is 3.61. The molecule has 3 heteroatoms. The third kappa shape index (κ3) is 4.59. The summed E-state index contributed by atoms with van der Waals surface area (Å²) in [5, 5.41) is 4.91. The number of H-pyrrole nitrogens is 1. The SMILES string of the molecule is C=CC(C)(C)c1[nH]c2cc(Br)ccc2c1CCNCc1ccc(C(C)C)cc1. The first-order valence-electron chi connectivity index (χ1n) is 10.1. The van der Waals surface area contributed by atoms with E-state index in [1.807, 2.05) is 6.08 Å². The molecule has 2 nitrogen and oxygen atoms in total. The van der Waals surface area contributed by atoms with E-state index < -0.39 is 0 Å². The zero-order valence-electron chi connectivity index (χ0n) is 17.4. The van der Waals surface area contributed by atoms with Crippen LogP contribution in [0.2, 0.25) is 0 Å². The number of rotatable bonds is 8. The Bertz CT molecular complexity index is 949. The average molecular weight is 439 g/mol. The van der Waals surface area contributed by atoms with E-state index in [0.29, 0.717) is 5.92 Å². The van der Waals surface area contributed by atoms with Gasteiger partial charge in [0.15, 0.2) is 0 Å². The van der Waals surface area contributed by atoms with Gasteiger partial charge in [-0.3, -0.25) is 0 Å². The molecule has 0 atom stereocenters. The monoisotopic (exact) mass is 438 g/mol. The molecular weight excluding hydrogens is 408 g/mol. The summed E-state index contributed by atoms with van der Waals surface area (Å²) in [5.41, 5.74) is 6.46. The molecule has 3 aromatic rings. The van der Waals surface area contributed by atoms with Crippen molar-refractivity contribution in [3.63, 3.8) is 0 Å². The molecule has 0 bridgehead atoms. The van der Waals surface area contributed by atoms with Crippen molar-refractivity contribution in [3.8, 4) is 0 Å². The van der Waals surface area contributed by atoms with E-state index in [4.69, 9.17) is 0 Å². The molecule has 3 rings (SSSR count). The minimum absolute atomic E-state index is 0.0898. The summed E-state index contributed by atoms with van der Waals surface area (Å²) in [4.78, 5) is 3.64. The van der Waals surface area contributed by atoms with Crippen LogP contribution in [-0.2, 0) is 18.4 Å². The number of nitrogens with one attached hydrogen (secondary N) is 2. The smallest absolute Gasteiger partial charge is 0.0470 e. The van der Waals surface area contributed by atoms with Crippen LogP contribution in [0.4, 0.5) is 0 Å². The van der Waals surface area contributed by atoms with Gasteiger partial charge in [-0.05, 0) is 47.7 Å². The zero-order valence-corrected chi connectivity index (χ0v) is 19.0. The van der Waals surface area contributed by atoms with Crippen LogP contribution in [0, 0.1) is 0 Å². The molecule has 1 heterocycles. The van der Waals surface area contributed by atoms with Gasteiger partial charge < -0.3 is 10.3 Å². The summed E-state index contributed by atoms with van der Waals surface area (Å²) in [6.07, 6.45) is 3.01. The molecule has 28 heavy (non-hydrogen) atoms. The Kier molecular flexibility index (Phi) is 6.47. The van der Waals surface area contributed by atoms with E-state index in [-0.39, 0.29) is 5.41 Å². The molecule has 148 valence electrons. The van der Waals surface area contributed by atoms with Crippen LogP contribution in [0.25, 0.3) is 10.9 Å². The summed E-state index contributed by atoms with van der Waals surface area (Å²) < 4.78 is 1.10. The normalized spacial score (nSPS) is 12.1. The standard InChI is InChI=1S/C25H31BrN2/c1-6-25(4,5)24-22(21-12-11-20(26)15-23(21)28-24)13-14-27-16-18-7-9-19(10-8-18)17(2)3/h6-12,15,17,27-28H,1,13-14,16H2,2-5H3. The van der Waals surface area contributed by atoms with E-state index >= 15 is 0 Å². The maximum atomic E-state index is 4.05. The first kappa shape index (κ1) is 20.9. The third-order valence-corrected chi connectivity index (χ3v) is 6.04. The predicted octanol–water partition coefficient (Wildman–Crippen LogP) is 6.85. The molecule has 0 radical (unpaired) electrons. The fourth-order valence-corrected chi connectivity index (χ4v) is 3.97. The van der Waals surface area contributed by atoms with Crippen molar-refractivity contribution < 1.29 is 0 Å². The topological polar surface area (TPSA) is 27.8 Å². The van der Waals surface area contributed by atoms with Gasteiger partial charge in [0.05, 0.1) is 0 Å². The van der Waals surface area contributed by atoms with Gasteiger partial charge in [0.2, 0.25) is 0 Å². The molecule has 0 spiro atoms. The lowest BCUT2D eigenvalue weighted by molar-refractivity contribution is 0.630. The van der Waals surface area contributed by atoms with Crippen molar-refractivity contribution in [1.82, 2.24) is 10.3 Å². The van der Waals surface area contributed by atoms with E-state index in [2.05, 4.69) is 103 Å². The highest BCUT2D eigenvalue weighted by molar-refractivity contribution is 9.10. The van der Waals surface area contributed by atoms with Crippen molar-refractivity contribution in [2.24, 2.45) is 0 Å². The van der Waals surface area contributed by atoms with Crippen LogP contribution in [0.1, 0.15) is 56.0 Å². The summed E-state index contributed by atoms with van der Waals surface area (Å²) >= 11 is 3.58. The zero-order chi connectivity index (χ0) is 20.3. The number of aromatic nitrogens is 1. The Morgan fingerprint density at radius 2 is 1.86 bits per heavy atom. The van der Waals surface area contributed by atoms with Crippen LogP contribution >= 0.6 is 15.9 Å². The second-order valence-corrected chi connectivity index (χ2v) is 9.33. The summed E-state index contributed by atoms with van der Waals surface area (Å²) in [5.74, 6) is 0.579. The first-order chi connectivity index (χ1) is 13.3. The van der Waals surface area contributed by atoms with Crippen molar-refractivity contribution in [3.05, 3.63) is 82.0 Å². The molecule has 0 aliphatic rings. The van der Waals surface area contributed by atoms with Crippen molar-refractivity contribution >= 4 is 26.8 Å². The quantitative estimate of drug-likeness (QED) is 0.292. The number of hydrogen-bond donors (Lipinski definition) is 2. The Hall–Kier alpha value is -1.84. The van der Waals surface area contributed by atoms with E-state index in [0.717, 1.165) is 24.0 Å². The fraction of sp³-hybridized carbons (Fsp3) is 0.360. The molecular formula is C25H31BrN2. The molecule has 0 saturated heterocycles. The van der Waals surface area contributed by atoms with Gasteiger partial charge in [0.25, 0.3) is 0 Å². The Labute approximate surface area is 177 Å². The molecule has 0 saturated carbocycles. The maximum Gasteiger partial charge on any atom is 0.0470 e. The van der Waals surface area contributed by atoms with Gasteiger partial charge in [-0.2, -0.15) is 0 Å². The Morgan fingerprint density at radius 1 is 1.14 bits per heavy atom. The van der Waals surface area contributed by atoms with Crippen molar-refractivity contribution in [2.45, 2.75) is 52.0 Å². The molecule has 2 N–H and O–H groups in total. The van der Waals surface area contributed by atoms with Gasteiger partial charge >= 0.3 is 0 Å². The van der Waals surface area contributed by atoms with Crippen LogP contribution in [0.15, 0.2) is 59.6 Å². The van der Waals surface area contributed by atoms with Crippen LogP contribution in [-0.4, -0.2) is 11.5 Å². The number of benzene rings is 2. The number of halogens is 1. The summed E-state index contributed by atoms with van der Waals surface area (Å²) in [6, 6.07) is 15.4. The molecule has 0 unspecified atom stereocenters. The van der Waals surface area contributed by atoms with Crippen molar-refractivity contribution in [1.29, 1.82) is 0 Å². The Balaban J connectivity index is 1.72. The lowest BCUT2D eigenvalue weighted by Gasteiger charge is -2.21. The van der Waals surface area contributed by atoms with Crippen LogP contribution < -0.4 is 5.32 Å². The lowest BCUT2D eigenvalue weighted by Crippen LogP contribution is -2.20. The van der Waals surface area contributed by atoms with Gasteiger partial charge in [0.1, 0.15) is 0 Å². The number of allylic oxidation sites excluding steroid dienone is 1. The van der Waals surface area contributed by atoms with E-state index in [9.17, 15) is 0 Å². The van der Waals surface area contributed by atoms with Gasteiger partial charge in [-0.1, -0.05) is 80.0 Å². The minimum atomic E-state index is -0.0898. The minimum Gasteiger partial charge on any atom is -0.357 e. The molecule has 0 fully saturated rings. The van der Waals surface area contributed by atoms with E-state index in [1.54, 1.807) is 0 Å². The van der Waals surface area contributed by atoms with E-state index in [1.165, 1.54) is 33.3 Å². The predicted molar refractivity (Wildman–Crippen MR) is 125 cm³/mol. The number of fused-ring (bicyclic) bond motifs is 1. The highest BCUT2D eigenvalue weighted by atomic mass is 79.9. The second kappa shape index (κ2) is 8.67. The molecule has 1 aromatic heterocycles. The second-order valence-electron chi connectivity index (χ2n) is 8.42. The summed E-state index contributed by atoms with van der Waals surface area (Å²) in [6.45, 7) is 14.8. The largest absolute Gasteiger partial charge is 0.357 e. The number of aromatic amines is 1. The molecule has 2 aromatic carbocycles. The Morgan fingerprint density at radius 3 is 2.50 bits per heavy atom. The van der Waals surface area contributed by atoms with Crippen LogP contribution in [0.5, 0.6) is 0 Å². The van der Waals surface area contributed by atoms with Gasteiger partial charge in [-0.15, -0.1) is 6.58 Å². The number of hydrogen-bond acceptors (Lipinski definition) is 1. The average Bonchev–Trinajstić information content (AvgIpc) is 3.04. The van der Waals surface area contributed by atoms with Crippen LogP contribution in [0.3, 0.4) is 0 Å². The molecule has 0 aliphatic heterocycles. The third-order valence-electron chi connectivity index (χ3n) is 5.55. The first-order valence-corrected chi connectivity index (χ1v) is 10.8. The highest BCUT2D eigenvalue weighted by Gasteiger charge is 2.24. The van der Waals surface area contributed by atoms with Crippen molar-refractivity contribution in [2.75, 3.05) is 6.54 Å². The molecule has 0 aliphatic carbocycles. The maximum absolute atomic E-state index is 4.05. The molecule has 0 amide bonds. The highest BCUT2D eigenvalue weighted by Crippen LogP contribution is 2.33. The van der Waals surface area contributed by atoms with Gasteiger partial charge in [0, 0.05) is 33.0 Å². The summed E-state index contributed by atoms with van der Waals surface area (Å²) in [7, 11) is 0. The van der Waals surface area contributed by atoms with Gasteiger partial charge in [-0.25, -0.2) is 0 Å².